The Morgan fingerprint density at radius 2 is 1.95 bits per heavy atom. The quantitative estimate of drug-likeness (QED) is 0.751. The van der Waals surface area contributed by atoms with Crippen molar-refractivity contribution in [2.45, 2.75) is 0 Å². The van der Waals surface area contributed by atoms with E-state index in [9.17, 15) is 14.3 Å². The monoisotopic (exact) mass is 272 g/mol. The van der Waals surface area contributed by atoms with Gasteiger partial charge in [-0.25, -0.2) is 14.2 Å². The molecule has 100 valence electrons. The summed E-state index contributed by atoms with van der Waals surface area (Å²) in [7, 11) is 0. The number of fused-ring (bicyclic) bond motifs is 1. The van der Waals surface area contributed by atoms with Gasteiger partial charge in [-0.1, -0.05) is 12.1 Å². The number of nitrogens with zero attached hydrogens (tertiary/aromatic N) is 2. The van der Waals surface area contributed by atoms with Gasteiger partial charge in [0.2, 0.25) is 0 Å². The van der Waals surface area contributed by atoms with Gasteiger partial charge < -0.3 is 10.2 Å². The van der Waals surface area contributed by atoms with Gasteiger partial charge in [-0.15, -0.1) is 0 Å². The van der Waals surface area contributed by atoms with Gasteiger partial charge in [-0.2, -0.15) is 0 Å². The smallest absolute Gasteiger partial charge is 0.356 e. The molecule has 2 aromatic heterocycles. The number of aromatic nitrogens is 2. The van der Waals surface area contributed by atoms with Crippen molar-refractivity contribution in [1.29, 1.82) is 0 Å². The molecule has 0 amide bonds. The molecule has 1 aromatic carbocycles. The third-order valence-corrected chi connectivity index (χ3v) is 2.96. The molecule has 20 heavy (non-hydrogen) atoms. The van der Waals surface area contributed by atoms with E-state index in [1.165, 1.54) is 40.9 Å². The van der Waals surface area contributed by atoms with Crippen LogP contribution in [0.15, 0.2) is 42.6 Å². The highest BCUT2D eigenvalue weighted by molar-refractivity contribution is 5.96. The molecular formula is C14H9FN2O3. The fourth-order valence-electron chi connectivity index (χ4n) is 2.10. The molecule has 0 fully saturated rings. The summed E-state index contributed by atoms with van der Waals surface area (Å²) < 4.78 is 15.2. The van der Waals surface area contributed by atoms with Gasteiger partial charge in [0.05, 0.1) is 5.56 Å². The van der Waals surface area contributed by atoms with E-state index in [1.807, 2.05) is 0 Å². The standard InChI is InChI=1S/C14H9FN2O3/c15-9-5-2-1-4-8(9)13-16-11(14(19)20)12-10(18)6-3-7-17(12)13/h1-7,18H,(H,19,20). The molecule has 0 aliphatic carbocycles. The highest BCUT2D eigenvalue weighted by atomic mass is 19.1. The van der Waals surface area contributed by atoms with Gasteiger partial charge in [-0.05, 0) is 24.3 Å². The average molecular weight is 272 g/mol. The number of rotatable bonds is 2. The lowest BCUT2D eigenvalue weighted by atomic mass is 10.2. The number of carbonyl (C=O) groups is 1. The van der Waals surface area contributed by atoms with Crippen LogP contribution in [0, 0.1) is 5.82 Å². The summed E-state index contributed by atoms with van der Waals surface area (Å²) in [6.07, 6.45) is 1.52. The zero-order valence-electron chi connectivity index (χ0n) is 10.1. The van der Waals surface area contributed by atoms with Gasteiger partial charge >= 0.3 is 5.97 Å². The second-order valence-corrected chi connectivity index (χ2v) is 4.18. The van der Waals surface area contributed by atoms with Crippen molar-refractivity contribution in [3.05, 3.63) is 54.1 Å². The van der Waals surface area contributed by atoms with E-state index in [4.69, 9.17) is 5.11 Å². The predicted octanol–water partition coefficient (Wildman–Crippen LogP) is 2.54. The highest BCUT2D eigenvalue weighted by Gasteiger charge is 2.21. The van der Waals surface area contributed by atoms with Crippen LogP contribution in [0.4, 0.5) is 4.39 Å². The average Bonchev–Trinajstić information content (AvgIpc) is 2.80. The number of imidazole rings is 1. The van der Waals surface area contributed by atoms with Crippen molar-refractivity contribution in [1.82, 2.24) is 9.38 Å². The van der Waals surface area contributed by atoms with Gasteiger partial charge in [-0.3, -0.25) is 4.40 Å². The first-order valence-corrected chi connectivity index (χ1v) is 5.78. The molecule has 2 heterocycles. The van der Waals surface area contributed by atoms with E-state index < -0.39 is 11.8 Å². The Morgan fingerprint density at radius 1 is 1.20 bits per heavy atom. The fourth-order valence-corrected chi connectivity index (χ4v) is 2.10. The largest absolute Gasteiger partial charge is 0.506 e. The SMILES string of the molecule is O=C(O)c1nc(-c2ccccc2F)n2cccc(O)c12. The Balaban J connectivity index is 2.41. The van der Waals surface area contributed by atoms with Crippen LogP contribution in [0.2, 0.25) is 0 Å². The molecule has 2 N–H and O–H groups in total. The van der Waals surface area contributed by atoms with E-state index in [1.54, 1.807) is 6.07 Å². The Kier molecular flexibility index (Phi) is 2.64. The third-order valence-electron chi connectivity index (χ3n) is 2.96. The molecule has 0 spiro atoms. The number of aromatic hydroxyl groups is 1. The second-order valence-electron chi connectivity index (χ2n) is 4.18. The third kappa shape index (κ3) is 1.70. The summed E-state index contributed by atoms with van der Waals surface area (Å²) in [6.45, 7) is 0. The lowest BCUT2D eigenvalue weighted by Gasteiger charge is -2.03. The minimum Gasteiger partial charge on any atom is -0.506 e. The molecule has 0 radical (unpaired) electrons. The Labute approximate surface area is 112 Å². The molecule has 0 saturated carbocycles. The van der Waals surface area contributed by atoms with E-state index in [0.29, 0.717) is 0 Å². The van der Waals surface area contributed by atoms with Crippen LogP contribution in [0.5, 0.6) is 5.75 Å². The minimum atomic E-state index is -1.29. The first kappa shape index (κ1) is 12.2. The van der Waals surface area contributed by atoms with Crippen molar-refractivity contribution >= 4 is 11.5 Å². The maximum absolute atomic E-state index is 13.9. The maximum Gasteiger partial charge on any atom is 0.356 e. The highest BCUT2D eigenvalue weighted by Crippen LogP contribution is 2.29. The number of benzene rings is 1. The summed E-state index contributed by atoms with van der Waals surface area (Å²) in [5.74, 6) is -1.89. The van der Waals surface area contributed by atoms with Crippen molar-refractivity contribution in [3.8, 4) is 17.1 Å². The van der Waals surface area contributed by atoms with Crippen molar-refractivity contribution < 1.29 is 19.4 Å². The van der Waals surface area contributed by atoms with Crippen LogP contribution < -0.4 is 0 Å². The van der Waals surface area contributed by atoms with Crippen molar-refractivity contribution in [2.24, 2.45) is 0 Å². The van der Waals surface area contributed by atoms with E-state index in [2.05, 4.69) is 4.98 Å². The number of carboxylic acids is 1. The molecule has 0 saturated heterocycles. The van der Waals surface area contributed by atoms with Crippen molar-refractivity contribution in [3.63, 3.8) is 0 Å². The second kappa shape index (κ2) is 4.34. The number of pyridine rings is 1. The van der Waals surface area contributed by atoms with Crippen LogP contribution in [-0.4, -0.2) is 25.6 Å². The van der Waals surface area contributed by atoms with Gasteiger partial charge in [0.1, 0.15) is 22.9 Å². The van der Waals surface area contributed by atoms with Gasteiger partial charge in [0, 0.05) is 6.20 Å². The lowest BCUT2D eigenvalue weighted by molar-refractivity contribution is 0.0693. The Bertz CT molecular complexity index is 826. The summed E-state index contributed by atoms with van der Waals surface area (Å²) in [4.78, 5) is 15.2. The number of halogens is 1. The maximum atomic E-state index is 13.9. The van der Waals surface area contributed by atoms with Crippen LogP contribution in [0.3, 0.4) is 0 Å². The van der Waals surface area contributed by atoms with Crippen LogP contribution in [0.1, 0.15) is 10.5 Å². The molecule has 0 aliphatic rings. The Hall–Kier alpha value is -2.89. The summed E-state index contributed by atoms with van der Waals surface area (Å²) in [5, 5.41) is 19.0. The molecule has 3 rings (SSSR count). The zero-order chi connectivity index (χ0) is 14.3. The predicted molar refractivity (Wildman–Crippen MR) is 69.2 cm³/mol. The number of hydrogen-bond acceptors (Lipinski definition) is 3. The normalized spacial score (nSPS) is 10.8. The van der Waals surface area contributed by atoms with Gasteiger partial charge in [0.25, 0.3) is 0 Å². The molecule has 0 aliphatic heterocycles. The van der Waals surface area contributed by atoms with Crippen molar-refractivity contribution in [2.75, 3.05) is 0 Å². The minimum absolute atomic E-state index is 0.0400. The number of hydrogen-bond donors (Lipinski definition) is 2. The van der Waals surface area contributed by atoms with Crippen LogP contribution in [-0.2, 0) is 0 Å². The first-order valence-electron chi connectivity index (χ1n) is 5.78. The first-order chi connectivity index (χ1) is 9.59. The topological polar surface area (TPSA) is 74.8 Å². The van der Waals surface area contributed by atoms with E-state index in [-0.39, 0.29) is 28.3 Å². The lowest BCUT2D eigenvalue weighted by Crippen LogP contribution is -1.97. The van der Waals surface area contributed by atoms with E-state index in [0.717, 1.165) is 0 Å². The molecule has 0 atom stereocenters. The summed E-state index contributed by atoms with van der Waals surface area (Å²) in [5.41, 5.74) is -0.111. The molecular weight excluding hydrogens is 263 g/mol. The van der Waals surface area contributed by atoms with Crippen LogP contribution in [0.25, 0.3) is 16.9 Å². The molecule has 5 nitrogen and oxygen atoms in total. The molecule has 6 heteroatoms. The summed E-state index contributed by atoms with van der Waals surface area (Å²) in [6, 6.07) is 8.81. The Morgan fingerprint density at radius 3 is 2.65 bits per heavy atom. The molecule has 0 bridgehead atoms. The molecule has 0 unspecified atom stereocenters. The number of aromatic carboxylic acids is 1. The zero-order valence-corrected chi connectivity index (χ0v) is 10.1. The molecule has 3 aromatic rings. The van der Waals surface area contributed by atoms with Crippen LogP contribution >= 0.6 is 0 Å². The van der Waals surface area contributed by atoms with E-state index >= 15 is 0 Å². The van der Waals surface area contributed by atoms with Gasteiger partial charge in [0.15, 0.2) is 5.69 Å². The summed E-state index contributed by atoms with van der Waals surface area (Å²) >= 11 is 0. The fraction of sp³-hybridized carbons (Fsp3) is 0. The number of carboxylic acid groups (broad SMARTS) is 1.